The van der Waals surface area contributed by atoms with Crippen LogP contribution in [-0.2, 0) is 16.6 Å². The largest absolute Gasteiger partial charge is 0.334 e. The number of aryl methyl sites for hydroxylation is 1. The van der Waals surface area contributed by atoms with E-state index in [0.29, 0.717) is 6.54 Å². The van der Waals surface area contributed by atoms with Crippen molar-refractivity contribution in [3.63, 3.8) is 0 Å². The summed E-state index contributed by atoms with van der Waals surface area (Å²) in [4.78, 5) is 15.0. The summed E-state index contributed by atoms with van der Waals surface area (Å²) in [5, 5.41) is 0. The summed E-state index contributed by atoms with van der Waals surface area (Å²) in [5.41, 5.74) is 0.850. The van der Waals surface area contributed by atoms with E-state index in [2.05, 4.69) is 4.37 Å². The Labute approximate surface area is 122 Å². The van der Waals surface area contributed by atoms with Crippen LogP contribution in [0.3, 0.4) is 0 Å². The van der Waals surface area contributed by atoms with Gasteiger partial charge in [-0.2, -0.15) is 4.37 Å². The van der Waals surface area contributed by atoms with Gasteiger partial charge in [0.05, 0.1) is 18.0 Å². The first-order valence-corrected chi connectivity index (χ1v) is 9.09. The molecule has 3 rings (SSSR count). The lowest BCUT2D eigenvalue weighted by atomic mass is 10.0. The van der Waals surface area contributed by atoms with E-state index < -0.39 is 10.0 Å². The molecule has 8 heteroatoms. The maximum absolute atomic E-state index is 12.4. The summed E-state index contributed by atoms with van der Waals surface area (Å²) in [5.74, 6) is 0.0521. The zero-order chi connectivity index (χ0) is 14.3. The summed E-state index contributed by atoms with van der Waals surface area (Å²) in [6.07, 6.45) is 2.74. The highest BCUT2D eigenvalue weighted by atomic mass is 32.2. The molecule has 0 saturated carbocycles. The van der Waals surface area contributed by atoms with Crippen molar-refractivity contribution in [2.24, 2.45) is 0 Å². The van der Waals surface area contributed by atoms with Crippen LogP contribution < -0.4 is 0 Å². The van der Waals surface area contributed by atoms with E-state index in [-0.39, 0.29) is 24.4 Å². The molecule has 2 fully saturated rings. The van der Waals surface area contributed by atoms with Gasteiger partial charge in [0.15, 0.2) is 0 Å². The lowest BCUT2D eigenvalue weighted by molar-refractivity contribution is 0.131. The second kappa shape index (κ2) is 5.00. The number of rotatable bonds is 2. The van der Waals surface area contributed by atoms with Crippen LogP contribution in [0, 0.1) is 6.92 Å². The molecular formula is C12H17N3O3S2. The Kier molecular flexibility index (Phi) is 3.45. The van der Waals surface area contributed by atoms with Gasteiger partial charge in [-0.25, -0.2) is 17.5 Å². The molecule has 0 spiro atoms. The quantitative estimate of drug-likeness (QED) is 0.830. The maximum Gasteiger partial charge on any atom is 0.334 e. The number of carbonyl (C=O) groups is 1. The van der Waals surface area contributed by atoms with E-state index in [1.54, 1.807) is 4.90 Å². The maximum atomic E-state index is 12.4. The fraction of sp³-hybridized carbons (Fsp3) is 0.667. The van der Waals surface area contributed by atoms with Crippen molar-refractivity contribution in [3.8, 4) is 0 Å². The van der Waals surface area contributed by atoms with Crippen LogP contribution in [0.5, 0.6) is 0 Å². The van der Waals surface area contributed by atoms with Crippen molar-refractivity contribution in [1.82, 2.24) is 13.6 Å². The Balaban J connectivity index is 1.86. The van der Waals surface area contributed by atoms with Crippen molar-refractivity contribution in [1.29, 1.82) is 0 Å². The Morgan fingerprint density at radius 1 is 1.45 bits per heavy atom. The van der Waals surface area contributed by atoms with Gasteiger partial charge >= 0.3 is 6.03 Å². The fourth-order valence-electron chi connectivity index (χ4n) is 2.82. The third kappa shape index (κ3) is 2.42. The van der Waals surface area contributed by atoms with E-state index >= 15 is 0 Å². The van der Waals surface area contributed by atoms with Crippen LogP contribution in [0.25, 0.3) is 0 Å². The molecule has 1 aromatic heterocycles. The molecule has 0 aromatic carbocycles. The van der Waals surface area contributed by atoms with Gasteiger partial charge in [0, 0.05) is 17.5 Å². The van der Waals surface area contributed by atoms with Gasteiger partial charge in [0.2, 0.25) is 10.0 Å². The van der Waals surface area contributed by atoms with E-state index in [9.17, 15) is 13.2 Å². The number of urea groups is 1. The second-order valence-corrected chi connectivity index (χ2v) is 8.17. The molecule has 20 heavy (non-hydrogen) atoms. The zero-order valence-corrected chi connectivity index (χ0v) is 12.9. The number of hydrogen-bond donors (Lipinski definition) is 0. The number of fused-ring (bicyclic) bond motifs is 1. The van der Waals surface area contributed by atoms with Gasteiger partial charge in [-0.15, -0.1) is 0 Å². The van der Waals surface area contributed by atoms with Crippen molar-refractivity contribution < 1.29 is 13.2 Å². The monoisotopic (exact) mass is 315 g/mol. The first-order chi connectivity index (χ1) is 9.47. The molecule has 1 atom stereocenters. The van der Waals surface area contributed by atoms with Gasteiger partial charge in [0.1, 0.15) is 0 Å². The number of hydrogen-bond acceptors (Lipinski definition) is 5. The molecule has 0 radical (unpaired) electrons. The van der Waals surface area contributed by atoms with Gasteiger partial charge in [0.25, 0.3) is 0 Å². The fourth-order valence-corrected chi connectivity index (χ4v) is 5.32. The Morgan fingerprint density at radius 2 is 2.25 bits per heavy atom. The molecule has 0 bridgehead atoms. The topological polar surface area (TPSA) is 70.6 Å². The number of amides is 2. The first-order valence-electron chi connectivity index (χ1n) is 6.70. The molecule has 0 aliphatic carbocycles. The van der Waals surface area contributed by atoms with Crippen LogP contribution in [0.4, 0.5) is 4.79 Å². The normalized spacial score (nSPS) is 25.6. The lowest BCUT2D eigenvalue weighted by Gasteiger charge is -2.43. The first kappa shape index (κ1) is 13.8. The molecule has 2 saturated heterocycles. The highest BCUT2D eigenvalue weighted by Crippen LogP contribution is 2.28. The lowest BCUT2D eigenvalue weighted by Crippen LogP contribution is -2.60. The predicted molar refractivity (Wildman–Crippen MR) is 75.9 cm³/mol. The molecule has 1 aromatic rings. The molecule has 3 heterocycles. The zero-order valence-electron chi connectivity index (χ0n) is 11.3. The van der Waals surface area contributed by atoms with E-state index in [0.717, 1.165) is 34.1 Å². The average molecular weight is 315 g/mol. The molecule has 110 valence electrons. The third-order valence-corrected chi connectivity index (χ3v) is 6.42. The van der Waals surface area contributed by atoms with Gasteiger partial charge in [-0.3, -0.25) is 0 Å². The second-order valence-electron chi connectivity index (χ2n) is 5.35. The van der Waals surface area contributed by atoms with E-state index in [1.165, 1.54) is 11.5 Å². The van der Waals surface area contributed by atoms with E-state index in [1.807, 2.05) is 13.0 Å². The number of nitrogens with zero attached hydrogens (tertiary/aromatic N) is 3. The minimum atomic E-state index is -3.51. The Morgan fingerprint density at radius 3 is 2.95 bits per heavy atom. The van der Waals surface area contributed by atoms with Crippen molar-refractivity contribution >= 4 is 27.6 Å². The number of carbonyl (C=O) groups excluding carboxylic acids is 1. The summed E-state index contributed by atoms with van der Waals surface area (Å²) < 4.78 is 29.8. The molecule has 2 aliphatic rings. The van der Waals surface area contributed by atoms with Crippen LogP contribution >= 0.6 is 11.5 Å². The minimum Gasteiger partial charge on any atom is -0.320 e. The molecule has 1 unspecified atom stereocenters. The molecular weight excluding hydrogens is 298 g/mol. The standard InChI is InChI=1S/C12H17N3O3S2/c1-9-6-11(19-13-9)7-15-12(16)14-5-3-2-4-10(14)8-20(15,17)18/h6,10H,2-5,7-8H2,1H3. The summed E-state index contributed by atoms with van der Waals surface area (Å²) in [6.45, 7) is 2.63. The van der Waals surface area contributed by atoms with Crippen LogP contribution in [-0.4, -0.2) is 46.4 Å². The van der Waals surface area contributed by atoms with Gasteiger partial charge in [-0.05, 0) is 43.8 Å². The van der Waals surface area contributed by atoms with Crippen LogP contribution in [0.2, 0.25) is 0 Å². The predicted octanol–water partition coefficient (Wildman–Crippen LogP) is 1.57. The highest BCUT2D eigenvalue weighted by molar-refractivity contribution is 7.89. The summed E-state index contributed by atoms with van der Waals surface area (Å²) >= 11 is 1.25. The van der Waals surface area contributed by atoms with Gasteiger partial charge in [-0.1, -0.05) is 0 Å². The molecule has 0 N–H and O–H groups in total. The number of piperidine rings is 1. The molecule has 6 nitrogen and oxygen atoms in total. The van der Waals surface area contributed by atoms with Crippen LogP contribution in [0.1, 0.15) is 29.8 Å². The summed E-state index contributed by atoms with van der Waals surface area (Å²) in [6, 6.07) is 1.32. The van der Waals surface area contributed by atoms with Crippen molar-refractivity contribution in [3.05, 3.63) is 16.6 Å². The SMILES string of the molecule is Cc1cc(CN2C(=O)N3CCCCC3CS2(=O)=O)sn1. The average Bonchev–Trinajstić information content (AvgIpc) is 2.80. The van der Waals surface area contributed by atoms with Crippen LogP contribution in [0.15, 0.2) is 6.07 Å². The number of sulfonamides is 1. The van der Waals surface area contributed by atoms with Crippen molar-refractivity contribution in [2.45, 2.75) is 38.8 Å². The van der Waals surface area contributed by atoms with Crippen molar-refractivity contribution in [2.75, 3.05) is 12.3 Å². The highest BCUT2D eigenvalue weighted by Gasteiger charge is 2.43. The minimum absolute atomic E-state index is 0.0521. The molecule has 2 amide bonds. The van der Waals surface area contributed by atoms with E-state index in [4.69, 9.17) is 0 Å². The Bertz CT molecular complexity index is 626. The Hall–Kier alpha value is -1.15. The smallest absolute Gasteiger partial charge is 0.320 e. The third-order valence-electron chi connectivity index (χ3n) is 3.80. The summed E-state index contributed by atoms with van der Waals surface area (Å²) in [7, 11) is -3.51. The molecule has 2 aliphatic heterocycles. The van der Waals surface area contributed by atoms with Gasteiger partial charge < -0.3 is 4.90 Å². The number of aromatic nitrogens is 1.